The molecule has 3 rings (SSSR count). The minimum atomic E-state index is 0.142. The van der Waals surface area contributed by atoms with Crippen molar-refractivity contribution < 1.29 is 5.11 Å². The Morgan fingerprint density at radius 3 is 2.83 bits per heavy atom. The third-order valence-electron chi connectivity index (χ3n) is 4.01. The summed E-state index contributed by atoms with van der Waals surface area (Å²) in [6.07, 6.45) is 2.65. The van der Waals surface area contributed by atoms with E-state index in [-0.39, 0.29) is 18.4 Å². The summed E-state index contributed by atoms with van der Waals surface area (Å²) >= 11 is 1.72. The van der Waals surface area contributed by atoms with Gasteiger partial charge in [-0.2, -0.15) is 5.10 Å². The molecule has 0 aromatic carbocycles. The number of aliphatic hydroxyl groups is 1. The van der Waals surface area contributed by atoms with Crippen molar-refractivity contribution in [3.63, 3.8) is 0 Å². The summed E-state index contributed by atoms with van der Waals surface area (Å²) in [5.41, 5.74) is 0.829. The number of nitrogens with one attached hydrogen (secondary N) is 1. The SMILES string of the molecule is CC(C)c1nc(NC[C@H](CO)Cc2cccs2)c2cnn(C)c2n1. The van der Waals surface area contributed by atoms with Crippen LogP contribution < -0.4 is 5.32 Å². The molecule has 0 saturated carbocycles. The van der Waals surface area contributed by atoms with Gasteiger partial charge in [-0.05, 0) is 17.9 Å². The van der Waals surface area contributed by atoms with Crippen LogP contribution in [0.4, 0.5) is 5.82 Å². The molecule has 24 heavy (non-hydrogen) atoms. The summed E-state index contributed by atoms with van der Waals surface area (Å²) in [5.74, 6) is 1.98. The van der Waals surface area contributed by atoms with Crippen LogP contribution in [0.15, 0.2) is 23.7 Å². The van der Waals surface area contributed by atoms with Crippen molar-refractivity contribution >= 4 is 28.2 Å². The van der Waals surface area contributed by atoms with Crippen LogP contribution in [0.1, 0.15) is 30.5 Å². The molecule has 0 aliphatic heterocycles. The Hall–Kier alpha value is -1.99. The predicted octanol–water partition coefficient (Wildman–Crippen LogP) is 2.81. The van der Waals surface area contributed by atoms with E-state index < -0.39 is 0 Å². The van der Waals surface area contributed by atoms with E-state index in [4.69, 9.17) is 0 Å². The molecular formula is C17H23N5OS. The van der Waals surface area contributed by atoms with Crippen molar-refractivity contribution in [2.75, 3.05) is 18.5 Å². The fourth-order valence-electron chi connectivity index (χ4n) is 2.59. The van der Waals surface area contributed by atoms with Crippen molar-refractivity contribution in [3.05, 3.63) is 34.4 Å². The summed E-state index contributed by atoms with van der Waals surface area (Å²) < 4.78 is 1.77. The lowest BCUT2D eigenvalue weighted by Gasteiger charge is -2.16. The second-order valence-corrected chi connectivity index (χ2v) is 7.34. The minimum Gasteiger partial charge on any atom is -0.396 e. The maximum atomic E-state index is 9.68. The molecule has 128 valence electrons. The lowest BCUT2D eigenvalue weighted by Crippen LogP contribution is -2.21. The van der Waals surface area contributed by atoms with E-state index in [9.17, 15) is 5.11 Å². The zero-order chi connectivity index (χ0) is 17.1. The third kappa shape index (κ3) is 3.57. The number of fused-ring (bicyclic) bond motifs is 1. The molecule has 0 saturated heterocycles. The van der Waals surface area contributed by atoms with Gasteiger partial charge in [0.25, 0.3) is 0 Å². The van der Waals surface area contributed by atoms with Crippen molar-refractivity contribution in [3.8, 4) is 0 Å². The average molecular weight is 345 g/mol. The fraction of sp³-hybridized carbons (Fsp3) is 0.471. The molecule has 0 aliphatic carbocycles. The highest BCUT2D eigenvalue weighted by Crippen LogP contribution is 2.23. The van der Waals surface area contributed by atoms with Gasteiger partial charge in [0.2, 0.25) is 0 Å². The summed E-state index contributed by atoms with van der Waals surface area (Å²) in [4.78, 5) is 10.6. The van der Waals surface area contributed by atoms with Gasteiger partial charge in [0.05, 0.1) is 11.6 Å². The number of nitrogens with zero attached hydrogens (tertiary/aromatic N) is 4. The van der Waals surface area contributed by atoms with Gasteiger partial charge >= 0.3 is 0 Å². The zero-order valence-corrected chi connectivity index (χ0v) is 15.0. The highest BCUT2D eigenvalue weighted by atomic mass is 32.1. The molecular weight excluding hydrogens is 322 g/mol. The van der Waals surface area contributed by atoms with Crippen LogP contribution >= 0.6 is 11.3 Å². The van der Waals surface area contributed by atoms with Gasteiger partial charge in [-0.1, -0.05) is 19.9 Å². The molecule has 0 radical (unpaired) electrons. The minimum absolute atomic E-state index is 0.142. The highest BCUT2D eigenvalue weighted by Gasteiger charge is 2.15. The molecule has 0 spiro atoms. The Balaban J connectivity index is 1.80. The number of aromatic nitrogens is 4. The Bertz CT molecular complexity index is 797. The summed E-state index contributed by atoms with van der Waals surface area (Å²) in [6, 6.07) is 4.15. The second kappa shape index (κ2) is 7.27. The highest BCUT2D eigenvalue weighted by molar-refractivity contribution is 7.09. The first-order valence-corrected chi connectivity index (χ1v) is 9.03. The van der Waals surface area contributed by atoms with Crippen LogP contribution in [0.3, 0.4) is 0 Å². The Morgan fingerprint density at radius 1 is 1.33 bits per heavy atom. The maximum absolute atomic E-state index is 9.68. The Morgan fingerprint density at radius 2 is 2.17 bits per heavy atom. The van der Waals surface area contributed by atoms with Crippen molar-refractivity contribution in [2.45, 2.75) is 26.2 Å². The maximum Gasteiger partial charge on any atom is 0.163 e. The molecule has 2 N–H and O–H groups in total. The van der Waals surface area contributed by atoms with Crippen molar-refractivity contribution in [2.24, 2.45) is 13.0 Å². The van der Waals surface area contributed by atoms with E-state index in [1.54, 1.807) is 22.2 Å². The van der Waals surface area contributed by atoms with Gasteiger partial charge in [0, 0.05) is 36.9 Å². The predicted molar refractivity (Wildman–Crippen MR) is 97.5 cm³/mol. The van der Waals surface area contributed by atoms with Crippen molar-refractivity contribution in [1.29, 1.82) is 0 Å². The first kappa shape index (κ1) is 16.9. The van der Waals surface area contributed by atoms with Crippen LogP contribution in [0, 0.1) is 5.92 Å². The Labute approximate surface area is 145 Å². The first-order valence-electron chi connectivity index (χ1n) is 8.15. The second-order valence-electron chi connectivity index (χ2n) is 6.30. The third-order valence-corrected chi connectivity index (χ3v) is 4.91. The van der Waals surface area contributed by atoms with E-state index in [1.807, 2.05) is 13.1 Å². The molecule has 0 amide bonds. The molecule has 6 nitrogen and oxygen atoms in total. The number of rotatable bonds is 7. The number of anilines is 1. The van der Waals surface area contributed by atoms with Gasteiger partial charge in [-0.3, -0.25) is 4.68 Å². The molecule has 3 heterocycles. The van der Waals surface area contributed by atoms with Crippen molar-refractivity contribution in [1.82, 2.24) is 19.7 Å². The number of aryl methyl sites for hydroxylation is 1. The average Bonchev–Trinajstić information content (AvgIpc) is 3.21. The van der Waals surface area contributed by atoms with Crippen LogP contribution in [-0.2, 0) is 13.5 Å². The summed E-state index contributed by atoms with van der Waals surface area (Å²) in [5, 5.41) is 20.3. The van der Waals surface area contributed by atoms with E-state index >= 15 is 0 Å². The Kier molecular flexibility index (Phi) is 5.11. The number of aliphatic hydroxyl groups excluding tert-OH is 1. The monoisotopic (exact) mass is 345 g/mol. The number of hydrogen-bond acceptors (Lipinski definition) is 6. The molecule has 3 aromatic rings. The van der Waals surface area contributed by atoms with Gasteiger partial charge in [-0.25, -0.2) is 9.97 Å². The van der Waals surface area contributed by atoms with Crippen LogP contribution in [0.2, 0.25) is 0 Å². The molecule has 0 aliphatic rings. The topological polar surface area (TPSA) is 75.9 Å². The smallest absolute Gasteiger partial charge is 0.163 e. The fourth-order valence-corrected chi connectivity index (χ4v) is 3.41. The van der Waals surface area contributed by atoms with Gasteiger partial charge in [0.1, 0.15) is 11.6 Å². The normalized spacial score (nSPS) is 12.9. The van der Waals surface area contributed by atoms with E-state index in [1.165, 1.54) is 4.88 Å². The zero-order valence-electron chi connectivity index (χ0n) is 14.2. The lowest BCUT2D eigenvalue weighted by molar-refractivity contribution is 0.233. The largest absolute Gasteiger partial charge is 0.396 e. The number of hydrogen-bond donors (Lipinski definition) is 2. The molecule has 0 unspecified atom stereocenters. The first-order chi connectivity index (χ1) is 11.6. The number of thiophene rings is 1. The molecule has 3 aromatic heterocycles. The summed E-state index contributed by atoms with van der Waals surface area (Å²) in [7, 11) is 1.89. The summed E-state index contributed by atoms with van der Waals surface area (Å²) in [6.45, 7) is 4.96. The van der Waals surface area contributed by atoms with Gasteiger partial charge in [-0.15, -0.1) is 11.3 Å². The molecule has 0 fully saturated rings. The van der Waals surface area contributed by atoms with Gasteiger partial charge in [0.15, 0.2) is 5.65 Å². The van der Waals surface area contributed by atoms with Crippen LogP contribution in [0.25, 0.3) is 11.0 Å². The lowest BCUT2D eigenvalue weighted by atomic mass is 10.1. The van der Waals surface area contributed by atoms with E-state index in [2.05, 4.69) is 45.7 Å². The molecule has 1 atom stereocenters. The molecule has 0 bridgehead atoms. The van der Waals surface area contributed by atoms with E-state index in [0.29, 0.717) is 6.54 Å². The van der Waals surface area contributed by atoms with Crippen LogP contribution in [0.5, 0.6) is 0 Å². The van der Waals surface area contributed by atoms with E-state index in [0.717, 1.165) is 29.1 Å². The van der Waals surface area contributed by atoms with Gasteiger partial charge < -0.3 is 10.4 Å². The standard InChI is InChI=1S/C17H23N5OS/c1-11(2)15-20-16(14-9-19-22(3)17(14)21-15)18-8-12(10-23)7-13-5-4-6-24-13/h4-6,9,11-12,23H,7-8,10H2,1-3H3,(H,18,20,21)/t12-/m1/s1. The van der Waals surface area contributed by atoms with Crippen LogP contribution in [-0.4, -0.2) is 38.0 Å². The quantitative estimate of drug-likeness (QED) is 0.689. The molecule has 7 heteroatoms.